The summed E-state index contributed by atoms with van der Waals surface area (Å²) in [5.74, 6) is 0. The van der Waals surface area contributed by atoms with Crippen molar-refractivity contribution in [1.29, 1.82) is 0 Å². The fourth-order valence-electron chi connectivity index (χ4n) is 0.264. The van der Waals surface area contributed by atoms with E-state index in [0.717, 1.165) is 6.67 Å². The number of nitrogens with one attached hydrogen (secondary N) is 1. The first kappa shape index (κ1) is 7.15. The molecule has 0 saturated heterocycles. The van der Waals surface area contributed by atoms with E-state index in [-0.39, 0.29) is 58.2 Å². The van der Waals surface area contributed by atoms with Crippen LogP contribution in [0.5, 0.6) is 0 Å². The van der Waals surface area contributed by atoms with Crippen LogP contribution in [0.3, 0.4) is 0 Å². The van der Waals surface area contributed by atoms with Crippen molar-refractivity contribution in [2.45, 2.75) is 0 Å². The van der Waals surface area contributed by atoms with Gasteiger partial charge in [-0.05, 0) is 6.20 Å². The van der Waals surface area contributed by atoms with Gasteiger partial charge in [-0.3, -0.25) is 0 Å². The molecule has 0 aliphatic carbocycles. The molecule has 0 saturated carbocycles. The third-order valence-electron chi connectivity index (χ3n) is 0.480. The quantitative estimate of drug-likeness (QED) is 0.407. The Morgan fingerprint density at radius 2 is 2.50 bits per heavy atom. The van der Waals surface area contributed by atoms with E-state index in [1.165, 1.54) is 0 Å². The molecule has 6 heavy (non-hydrogen) atoms. The SMILES string of the molecule is C1=CNC[N-]1.[Rb+]. The average molecular weight is 155 g/mol. The van der Waals surface area contributed by atoms with Gasteiger partial charge in [0.05, 0.1) is 0 Å². The van der Waals surface area contributed by atoms with Crippen molar-refractivity contribution >= 4 is 0 Å². The van der Waals surface area contributed by atoms with Crippen molar-refractivity contribution in [2.75, 3.05) is 6.67 Å². The van der Waals surface area contributed by atoms with Crippen LogP contribution in [0.15, 0.2) is 12.4 Å². The summed E-state index contributed by atoms with van der Waals surface area (Å²) in [6, 6.07) is 0. The zero-order valence-electron chi connectivity index (χ0n) is 3.81. The van der Waals surface area contributed by atoms with E-state index in [0.29, 0.717) is 0 Å². The number of hydrogen-bond donors (Lipinski definition) is 1. The standard InChI is InChI=1S/C3H5N2.Rb/c1-2-5-3-4-1;/h1-2,4H,3H2;/q-1;+1. The van der Waals surface area contributed by atoms with Crippen LogP contribution < -0.4 is 63.5 Å². The first-order valence-electron chi connectivity index (χ1n) is 1.55. The maximum atomic E-state index is 3.79. The predicted molar refractivity (Wildman–Crippen MR) is 20.5 cm³/mol. The fourth-order valence-corrected chi connectivity index (χ4v) is 0.264. The average Bonchev–Trinajstić information content (AvgIpc) is 1.76. The Hall–Kier alpha value is 1.15. The minimum atomic E-state index is 0. The molecule has 0 aromatic heterocycles. The van der Waals surface area contributed by atoms with Gasteiger partial charge in [-0.1, -0.05) is 6.67 Å². The van der Waals surface area contributed by atoms with E-state index in [2.05, 4.69) is 10.6 Å². The van der Waals surface area contributed by atoms with Crippen molar-refractivity contribution < 1.29 is 58.2 Å². The first-order valence-corrected chi connectivity index (χ1v) is 1.55. The van der Waals surface area contributed by atoms with Crippen LogP contribution >= 0.6 is 0 Å². The van der Waals surface area contributed by atoms with Gasteiger partial charge >= 0.3 is 58.2 Å². The minimum absolute atomic E-state index is 0. The second-order valence-electron chi connectivity index (χ2n) is 0.861. The molecule has 0 amide bonds. The summed E-state index contributed by atoms with van der Waals surface area (Å²) in [5.41, 5.74) is 0. The van der Waals surface area contributed by atoms with Gasteiger partial charge in [0.1, 0.15) is 0 Å². The van der Waals surface area contributed by atoms with Crippen molar-refractivity contribution in [3.63, 3.8) is 0 Å². The Morgan fingerprint density at radius 3 is 2.67 bits per heavy atom. The van der Waals surface area contributed by atoms with Gasteiger partial charge < -0.3 is 10.6 Å². The van der Waals surface area contributed by atoms with Crippen molar-refractivity contribution in [2.24, 2.45) is 0 Å². The molecule has 0 unspecified atom stereocenters. The molecule has 1 heterocycles. The normalized spacial score (nSPS) is 14.7. The Balaban J connectivity index is 0.000000250. The van der Waals surface area contributed by atoms with E-state index >= 15 is 0 Å². The maximum Gasteiger partial charge on any atom is 1.00 e. The molecular formula is C3H5N2Rb. The number of rotatable bonds is 0. The van der Waals surface area contributed by atoms with Crippen LogP contribution in [0.2, 0.25) is 0 Å². The largest absolute Gasteiger partial charge is 1.00 e. The van der Waals surface area contributed by atoms with Gasteiger partial charge in [0.25, 0.3) is 0 Å². The summed E-state index contributed by atoms with van der Waals surface area (Å²) in [5, 5.41) is 6.67. The monoisotopic (exact) mass is 154 g/mol. The molecular weight excluding hydrogens is 150 g/mol. The molecule has 0 spiro atoms. The minimum Gasteiger partial charge on any atom is -0.673 e. The van der Waals surface area contributed by atoms with Gasteiger partial charge in [-0.25, -0.2) is 0 Å². The van der Waals surface area contributed by atoms with Gasteiger partial charge in [-0.15, -0.1) is 0 Å². The molecule has 28 valence electrons. The fraction of sp³-hybridized carbons (Fsp3) is 0.333. The van der Waals surface area contributed by atoms with E-state index in [1.807, 2.05) is 6.20 Å². The van der Waals surface area contributed by atoms with E-state index in [1.54, 1.807) is 6.20 Å². The molecule has 0 bridgehead atoms. The zero-order valence-corrected chi connectivity index (χ0v) is 8.73. The summed E-state index contributed by atoms with van der Waals surface area (Å²) in [6.45, 7) is 0.764. The molecule has 3 heteroatoms. The summed E-state index contributed by atoms with van der Waals surface area (Å²) < 4.78 is 0. The summed E-state index contributed by atoms with van der Waals surface area (Å²) >= 11 is 0. The van der Waals surface area contributed by atoms with Crippen LogP contribution in [0.25, 0.3) is 5.32 Å². The van der Waals surface area contributed by atoms with E-state index in [4.69, 9.17) is 0 Å². The van der Waals surface area contributed by atoms with Crippen molar-refractivity contribution in [3.05, 3.63) is 17.7 Å². The Bertz CT molecular complexity index is 46.8. The van der Waals surface area contributed by atoms with Gasteiger partial charge in [0.2, 0.25) is 0 Å². The van der Waals surface area contributed by atoms with Crippen LogP contribution in [-0.2, 0) is 0 Å². The smallest absolute Gasteiger partial charge is 0.673 e. The van der Waals surface area contributed by atoms with Gasteiger partial charge in [0.15, 0.2) is 0 Å². The molecule has 2 nitrogen and oxygen atoms in total. The molecule has 0 radical (unpaired) electrons. The van der Waals surface area contributed by atoms with Gasteiger partial charge in [-0.2, -0.15) is 6.20 Å². The molecule has 0 aromatic carbocycles. The number of nitrogens with zero attached hydrogens (tertiary/aromatic N) is 1. The Labute approximate surface area is 86.2 Å². The summed E-state index contributed by atoms with van der Waals surface area (Å²) in [7, 11) is 0. The molecule has 1 aliphatic rings. The Kier molecular flexibility index (Phi) is 5.13. The number of hydrogen-bond acceptors (Lipinski definition) is 1. The molecule has 0 atom stereocenters. The molecule has 1 rings (SSSR count). The topological polar surface area (TPSA) is 26.1 Å². The summed E-state index contributed by atoms with van der Waals surface area (Å²) in [6.07, 6.45) is 3.57. The zero-order chi connectivity index (χ0) is 3.54. The van der Waals surface area contributed by atoms with Crippen LogP contribution in [0.4, 0.5) is 0 Å². The van der Waals surface area contributed by atoms with Crippen LogP contribution in [0, 0.1) is 0 Å². The summed E-state index contributed by atoms with van der Waals surface area (Å²) in [4.78, 5) is 0. The molecule has 0 aromatic rings. The predicted octanol–water partition coefficient (Wildman–Crippen LogP) is -2.60. The third-order valence-corrected chi connectivity index (χ3v) is 0.480. The Morgan fingerprint density at radius 1 is 1.67 bits per heavy atom. The van der Waals surface area contributed by atoms with Crippen molar-refractivity contribution in [3.8, 4) is 0 Å². The maximum absolute atomic E-state index is 3.79. The second kappa shape index (κ2) is 4.31. The third kappa shape index (κ3) is 2.34. The molecule has 1 N–H and O–H groups in total. The molecule has 1 aliphatic heterocycles. The van der Waals surface area contributed by atoms with Gasteiger partial charge in [0, 0.05) is 0 Å². The van der Waals surface area contributed by atoms with Crippen LogP contribution in [-0.4, -0.2) is 6.67 Å². The second-order valence-corrected chi connectivity index (χ2v) is 0.861. The van der Waals surface area contributed by atoms with Crippen LogP contribution in [0.1, 0.15) is 0 Å². The molecule has 0 fully saturated rings. The van der Waals surface area contributed by atoms with Crippen molar-refractivity contribution in [1.82, 2.24) is 5.32 Å². The van der Waals surface area contributed by atoms with E-state index < -0.39 is 0 Å². The first-order chi connectivity index (χ1) is 2.50. The van der Waals surface area contributed by atoms with E-state index in [9.17, 15) is 0 Å².